The smallest absolute Gasteiger partial charge is 0.144 e. The molecular formula is C13H21BrN2S2. The summed E-state index contributed by atoms with van der Waals surface area (Å²) in [4.78, 5) is 7.87. The highest BCUT2D eigenvalue weighted by Gasteiger charge is 2.20. The molecule has 0 saturated carbocycles. The maximum atomic E-state index is 5.32. The maximum absolute atomic E-state index is 5.32. The first-order valence-electron chi connectivity index (χ1n) is 6.16. The normalized spacial score (nSPS) is 13.7. The van der Waals surface area contributed by atoms with Gasteiger partial charge in [-0.15, -0.1) is 0 Å². The Morgan fingerprint density at radius 1 is 1.44 bits per heavy atom. The number of thioether (sulfide) groups is 1. The van der Waals surface area contributed by atoms with E-state index < -0.39 is 0 Å². The Balaban J connectivity index is 3.02. The molecule has 0 radical (unpaired) electrons. The molecule has 102 valence electrons. The molecule has 0 bridgehead atoms. The van der Waals surface area contributed by atoms with Crippen LogP contribution in [-0.4, -0.2) is 15.2 Å². The highest BCUT2D eigenvalue weighted by Crippen LogP contribution is 2.29. The molecule has 5 heteroatoms. The number of rotatable bonds is 4. The van der Waals surface area contributed by atoms with E-state index in [0.717, 1.165) is 21.7 Å². The molecule has 0 spiro atoms. The highest BCUT2D eigenvalue weighted by atomic mass is 79.9. The van der Waals surface area contributed by atoms with E-state index in [2.05, 4.69) is 60.5 Å². The Morgan fingerprint density at radius 3 is 2.56 bits per heavy atom. The van der Waals surface area contributed by atoms with Gasteiger partial charge in [-0.05, 0) is 22.4 Å². The van der Waals surface area contributed by atoms with Gasteiger partial charge in [-0.3, -0.25) is 0 Å². The van der Waals surface area contributed by atoms with Crippen LogP contribution in [0.15, 0.2) is 4.47 Å². The summed E-state index contributed by atoms with van der Waals surface area (Å²) in [5.41, 5.74) is 1.16. The maximum Gasteiger partial charge on any atom is 0.144 e. The second-order valence-corrected chi connectivity index (χ2v) is 8.06. The van der Waals surface area contributed by atoms with Gasteiger partial charge in [0.2, 0.25) is 0 Å². The summed E-state index contributed by atoms with van der Waals surface area (Å²) >= 11 is 10.8. The van der Waals surface area contributed by atoms with E-state index in [1.54, 1.807) is 0 Å². The molecule has 18 heavy (non-hydrogen) atoms. The first kappa shape index (κ1) is 16.2. The molecule has 0 saturated heterocycles. The predicted octanol–water partition coefficient (Wildman–Crippen LogP) is 5.23. The van der Waals surface area contributed by atoms with Gasteiger partial charge in [-0.1, -0.05) is 46.8 Å². The van der Waals surface area contributed by atoms with Gasteiger partial charge in [0.25, 0.3) is 0 Å². The molecule has 1 heterocycles. The van der Waals surface area contributed by atoms with Gasteiger partial charge >= 0.3 is 0 Å². The largest absolute Gasteiger partial charge is 0.345 e. The summed E-state index contributed by atoms with van der Waals surface area (Å²) in [7, 11) is 0. The third-order valence-electron chi connectivity index (χ3n) is 2.74. The molecule has 0 aliphatic heterocycles. The fraction of sp³-hybridized carbons (Fsp3) is 0.692. The van der Waals surface area contributed by atoms with Crippen molar-refractivity contribution < 1.29 is 0 Å². The summed E-state index contributed by atoms with van der Waals surface area (Å²) in [6.45, 7) is 11.0. The Morgan fingerprint density at radius 2 is 2.06 bits per heavy atom. The van der Waals surface area contributed by atoms with E-state index in [0.29, 0.717) is 9.89 Å². The number of nitrogens with one attached hydrogen (secondary N) is 1. The van der Waals surface area contributed by atoms with Crippen molar-refractivity contribution in [3.8, 4) is 0 Å². The first-order valence-corrected chi connectivity index (χ1v) is 8.41. The molecule has 2 nitrogen and oxygen atoms in total. The highest BCUT2D eigenvalue weighted by molar-refractivity contribution is 9.10. The van der Waals surface area contributed by atoms with Crippen LogP contribution in [0.1, 0.15) is 52.6 Å². The third kappa shape index (κ3) is 4.35. The monoisotopic (exact) mass is 348 g/mol. The van der Waals surface area contributed by atoms with Gasteiger partial charge in [0.15, 0.2) is 0 Å². The first-order chi connectivity index (χ1) is 8.25. The molecule has 0 fully saturated rings. The lowest BCUT2D eigenvalue weighted by Gasteiger charge is -2.21. The van der Waals surface area contributed by atoms with Crippen LogP contribution in [0.2, 0.25) is 0 Å². The Bertz CT molecular complexity index is 463. The predicted molar refractivity (Wildman–Crippen MR) is 86.9 cm³/mol. The standard InChI is InChI=1S/C13H21BrN2S2/c1-6-8(2)18-7-9-15-11(13(3,4)5)10(14)12(17)16-9/h8H,6-7H2,1-5H3,(H,15,16,17). The van der Waals surface area contributed by atoms with E-state index in [-0.39, 0.29) is 5.41 Å². The van der Waals surface area contributed by atoms with Crippen LogP contribution in [0.4, 0.5) is 0 Å². The summed E-state index contributed by atoms with van der Waals surface area (Å²) in [6, 6.07) is 0. The van der Waals surface area contributed by atoms with Gasteiger partial charge < -0.3 is 4.98 Å². The lowest BCUT2D eigenvalue weighted by molar-refractivity contribution is 0.559. The minimum atomic E-state index is 0.0329. The zero-order valence-corrected chi connectivity index (χ0v) is 14.9. The van der Waals surface area contributed by atoms with Gasteiger partial charge in [0.1, 0.15) is 10.5 Å². The molecule has 0 aliphatic rings. The molecule has 1 unspecified atom stereocenters. The molecular weight excluding hydrogens is 328 g/mol. The number of hydrogen-bond acceptors (Lipinski definition) is 3. The second kappa shape index (κ2) is 6.53. The third-order valence-corrected chi connectivity index (χ3v) is 5.41. The van der Waals surface area contributed by atoms with E-state index >= 15 is 0 Å². The van der Waals surface area contributed by atoms with E-state index in [4.69, 9.17) is 12.2 Å². The lowest BCUT2D eigenvalue weighted by Crippen LogP contribution is -2.16. The summed E-state index contributed by atoms with van der Waals surface area (Å²) in [5.74, 6) is 1.85. The van der Waals surface area contributed by atoms with Crippen molar-refractivity contribution in [2.45, 2.75) is 57.5 Å². The van der Waals surface area contributed by atoms with Crippen LogP contribution in [0.5, 0.6) is 0 Å². The minimum Gasteiger partial charge on any atom is -0.345 e. The fourth-order valence-electron chi connectivity index (χ4n) is 1.43. The van der Waals surface area contributed by atoms with Crippen molar-refractivity contribution >= 4 is 39.9 Å². The molecule has 1 N–H and O–H groups in total. The quantitative estimate of drug-likeness (QED) is 0.755. The second-order valence-electron chi connectivity index (χ2n) is 5.46. The molecule has 1 aromatic rings. The van der Waals surface area contributed by atoms with E-state index in [1.807, 2.05) is 11.8 Å². The molecule has 0 amide bonds. The van der Waals surface area contributed by atoms with Gasteiger partial charge in [-0.25, -0.2) is 4.98 Å². The van der Waals surface area contributed by atoms with Crippen molar-refractivity contribution in [3.05, 3.63) is 20.6 Å². The van der Waals surface area contributed by atoms with Crippen molar-refractivity contribution in [3.63, 3.8) is 0 Å². The van der Waals surface area contributed by atoms with Crippen LogP contribution < -0.4 is 0 Å². The Labute approximate surface area is 128 Å². The van der Waals surface area contributed by atoms with Crippen LogP contribution in [0.25, 0.3) is 0 Å². The zero-order valence-electron chi connectivity index (χ0n) is 11.6. The molecule has 1 atom stereocenters. The number of halogens is 1. The van der Waals surface area contributed by atoms with Crippen molar-refractivity contribution in [1.29, 1.82) is 0 Å². The molecule has 0 aromatic carbocycles. The molecule has 1 aromatic heterocycles. The minimum absolute atomic E-state index is 0.0329. The van der Waals surface area contributed by atoms with Crippen molar-refractivity contribution in [1.82, 2.24) is 9.97 Å². The van der Waals surface area contributed by atoms with Crippen LogP contribution in [0, 0.1) is 4.64 Å². The van der Waals surface area contributed by atoms with E-state index in [9.17, 15) is 0 Å². The average Bonchev–Trinajstić information content (AvgIpc) is 2.28. The number of hydrogen-bond donors (Lipinski definition) is 1. The summed E-state index contributed by atoms with van der Waals surface area (Å²) in [6.07, 6.45) is 1.17. The Kier molecular flexibility index (Phi) is 5.87. The van der Waals surface area contributed by atoms with Crippen LogP contribution in [-0.2, 0) is 11.2 Å². The SMILES string of the molecule is CCC(C)SCc1nc(=S)c(Br)c(C(C)(C)C)[nH]1. The fourth-order valence-corrected chi connectivity index (χ4v) is 3.24. The average molecular weight is 349 g/mol. The van der Waals surface area contributed by atoms with Gasteiger partial charge in [-0.2, -0.15) is 11.8 Å². The zero-order chi connectivity index (χ0) is 13.9. The Hall–Kier alpha value is 0.130. The number of aromatic nitrogens is 2. The summed E-state index contributed by atoms with van der Waals surface area (Å²) < 4.78 is 1.57. The lowest BCUT2D eigenvalue weighted by atomic mass is 9.92. The van der Waals surface area contributed by atoms with E-state index in [1.165, 1.54) is 6.42 Å². The van der Waals surface area contributed by atoms with Crippen LogP contribution >= 0.6 is 39.9 Å². The topological polar surface area (TPSA) is 28.7 Å². The number of aromatic amines is 1. The molecule has 0 aliphatic carbocycles. The van der Waals surface area contributed by atoms with Crippen molar-refractivity contribution in [2.24, 2.45) is 0 Å². The number of nitrogens with zero attached hydrogens (tertiary/aromatic N) is 1. The van der Waals surface area contributed by atoms with Crippen molar-refractivity contribution in [2.75, 3.05) is 0 Å². The van der Waals surface area contributed by atoms with Crippen LogP contribution in [0.3, 0.4) is 0 Å². The summed E-state index contributed by atoms with van der Waals surface area (Å²) in [5, 5.41) is 0.649. The van der Waals surface area contributed by atoms with Gasteiger partial charge in [0, 0.05) is 16.4 Å². The van der Waals surface area contributed by atoms with Gasteiger partial charge in [0.05, 0.1) is 10.2 Å². The molecule has 1 rings (SSSR count). The number of H-pyrrole nitrogens is 1.